The molecule has 1 atom stereocenters. The Kier molecular flexibility index (Phi) is 4.62. The van der Waals surface area contributed by atoms with Crippen LogP contribution in [0.1, 0.15) is 17.6 Å². The fourth-order valence-electron chi connectivity index (χ4n) is 2.74. The van der Waals surface area contributed by atoms with E-state index in [0.717, 1.165) is 36.2 Å². The third-order valence-electron chi connectivity index (χ3n) is 3.95. The summed E-state index contributed by atoms with van der Waals surface area (Å²) in [4.78, 5) is 11.2. The van der Waals surface area contributed by atoms with E-state index in [0.29, 0.717) is 6.61 Å². The van der Waals surface area contributed by atoms with E-state index < -0.39 is 0 Å². The summed E-state index contributed by atoms with van der Waals surface area (Å²) in [5, 5.41) is 3.07. The van der Waals surface area contributed by atoms with Crippen molar-refractivity contribution >= 4 is 11.5 Å². The Bertz CT molecular complexity index is 660. The largest absolute Gasteiger partial charge is 0.497 e. The Morgan fingerprint density at radius 2 is 2.04 bits per heavy atom. The van der Waals surface area contributed by atoms with Gasteiger partial charge in [-0.3, -0.25) is 0 Å². The van der Waals surface area contributed by atoms with E-state index in [1.165, 1.54) is 5.69 Å². The molecule has 0 spiro atoms. The molecule has 6 heteroatoms. The average Bonchev–Trinajstić information content (AvgIpc) is 2.61. The standard InChI is InChI=1S/C17H22N4O2/c1-12-19-15(10-17(18-2)20-12)16-11-21(8-9-23-16)13-4-6-14(22-3)7-5-13/h4-7,10,16H,8-9,11H2,1-3H3,(H,18,19,20)/t16-/m1/s1. The zero-order valence-corrected chi connectivity index (χ0v) is 13.7. The molecule has 1 aliphatic heterocycles. The van der Waals surface area contributed by atoms with Gasteiger partial charge in [-0.1, -0.05) is 0 Å². The van der Waals surface area contributed by atoms with E-state index in [1.54, 1.807) is 7.11 Å². The lowest BCUT2D eigenvalue weighted by Crippen LogP contribution is -2.38. The normalized spacial score (nSPS) is 17.9. The summed E-state index contributed by atoms with van der Waals surface area (Å²) in [6.45, 7) is 4.21. The zero-order valence-electron chi connectivity index (χ0n) is 13.7. The average molecular weight is 314 g/mol. The maximum absolute atomic E-state index is 5.93. The molecule has 0 aliphatic carbocycles. The highest BCUT2D eigenvalue weighted by atomic mass is 16.5. The van der Waals surface area contributed by atoms with Crippen LogP contribution in [0, 0.1) is 6.92 Å². The van der Waals surface area contributed by atoms with Crippen LogP contribution < -0.4 is 15.0 Å². The van der Waals surface area contributed by atoms with Gasteiger partial charge < -0.3 is 19.7 Å². The quantitative estimate of drug-likeness (QED) is 0.935. The van der Waals surface area contributed by atoms with Crippen LogP contribution in [0.4, 0.5) is 11.5 Å². The van der Waals surface area contributed by atoms with Gasteiger partial charge >= 0.3 is 0 Å². The molecule has 6 nitrogen and oxygen atoms in total. The van der Waals surface area contributed by atoms with Crippen molar-refractivity contribution in [2.75, 3.05) is 44.1 Å². The van der Waals surface area contributed by atoms with E-state index in [-0.39, 0.29) is 6.10 Å². The highest BCUT2D eigenvalue weighted by Crippen LogP contribution is 2.27. The summed E-state index contributed by atoms with van der Waals surface area (Å²) in [7, 11) is 3.54. The van der Waals surface area contributed by atoms with Gasteiger partial charge in [-0.15, -0.1) is 0 Å². The Labute approximate surface area is 136 Å². The van der Waals surface area contributed by atoms with Crippen LogP contribution in [0.15, 0.2) is 30.3 Å². The first-order valence-electron chi connectivity index (χ1n) is 7.73. The molecule has 23 heavy (non-hydrogen) atoms. The fraction of sp³-hybridized carbons (Fsp3) is 0.412. The van der Waals surface area contributed by atoms with Crippen molar-refractivity contribution in [3.63, 3.8) is 0 Å². The summed E-state index contributed by atoms with van der Waals surface area (Å²) in [6.07, 6.45) is -0.0559. The second-order valence-corrected chi connectivity index (χ2v) is 5.48. The maximum atomic E-state index is 5.93. The van der Waals surface area contributed by atoms with Crippen LogP contribution in [-0.4, -0.2) is 43.8 Å². The lowest BCUT2D eigenvalue weighted by atomic mass is 10.1. The number of hydrogen-bond acceptors (Lipinski definition) is 6. The van der Waals surface area contributed by atoms with Gasteiger partial charge in [0.15, 0.2) is 0 Å². The number of benzene rings is 1. The van der Waals surface area contributed by atoms with Gasteiger partial charge in [0.05, 0.1) is 19.4 Å². The van der Waals surface area contributed by atoms with E-state index in [2.05, 4.69) is 32.3 Å². The van der Waals surface area contributed by atoms with Crippen molar-refractivity contribution < 1.29 is 9.47 Å². The van der Waals surface area contributed by atoms with Crippen LogP contribution >= 0.6 is 0 Å². The van der Waals surface area contributed by atoms with Gasteiger partial charge in [-0.2, -0.15) is 0 Å². The molecule has 0 unspecified atom stereocenters. The smallest absolute Gasteiger partial charge is 0.129 e. The fourth-order valence-corrected chi connectivity index (χ4v) is 2.74. The Hall–Kier alpha value is -2.34. The number of nitrogens with zero attached hydrogens (tertiary/aromatic N) is 3. The van der Waals surface area contributed by atoms with Crippen LogP contribution in [-0.2, 0) is 4.74 Å². The van der Waals surface area contributed by atoms with Gasteiger partial charge in [0.25, 0.3) is 0 Å². The van der Waals surface area contributed by atoms with Crippen LogP contribution in [0.3, 0.4) is 0 Å². The molecule has 1 fully saturated rings. The Morgan fingerprint density at radius 3 is 2.74 bits per heavy atom. The van der Waals surface area contributed by atoms with Gasteiger partial charge in [-0.05, 0) is 31.2 Å². The topological polar surface area (TPSA) is 59.5 Å². The molecule has 1 aliphatic rings. The van der Waals surface area contributed by atoms with Crippen molar-refractivity contribution in [1.29, 1.82) is 0 Å². The molecule has 0 amide bonds. The van der Waals surface area contributed by atoms with Gasteiger partial charge in [0.2, 0.25) is 0 Å². The SMILES string of the molecule is CNc1cc([C@H]2CN(c3ccc(OC)cc3)CCO2)nc(C)n1. The molecule has 2 aromatic rings. The summed E-state index contributed by atoms with van der Waals surface area (Å²) in [5.74, 6) is 2.43. The minimum atomic E-state index is -0.0559. The van der Waals surface area contributed by atoms with Crippen molar-refractivity contribution in [3.05, 3.63) is 41.9 Å². The van der Waals surface area contributed by atoms with E-state index >= 15 is 0 Å². The van der Waals surface area contributed by atoms with Crippen LogP contribution in [0.25, 0.3) is 0 Å². The molecule has 2 heterocycles. The molecule has 0 radical (unpaired) electrons. The molecule has 3 rings (SSSR count). The second kappa shape index (κ2) is 6.83. The molecular formula is C17H22N4O2. The van der Waals surface area contributed by atoms with Gasteiger partial charge in [0, 0.05) is 31.9 Å². The van der Waals surface area contributed by atoms with Crippen molar-refractivity contribution in [1.82, 2.24) is 9.97 Å². The van der Waals surface area contributed by atoms with Gasteiger partial charge in [0.1, 0.15) is 23.5 Å². The number of morpholine rings is 1. The lowest BCUT2D eigenvalue weighted by Gasteiger charge is -2.34. The Balaban J connectivity index is 1.78. The Morgan fingerprint density at radius 1 is 1.26 bits per heavy atom. The number of aromatic nitrogens is 2. The summed E-state index contributed by atoms with van der Waals surface area (Å²) >= 11 is 0. The minimum Gasteiger partial charge on any atom is -0.497 e. The number of rotatable bonds is 4. The number of aryl methyl sites for hydroxylation is 1. The summed E-state index contributed by atoms with van der Waals surface area (Å²) in [6, 6.07) is 10.1. The zero-order chi connectivity index (χ0) is 16.2. The third kappa shape index (κ3) is 3.53. The molecule has 122 valence electrons. The molecule has 1 aromatic carbocycles. The lowest BCUT2D eigenvalue weighted by molar-refractivity contribution is 0.0369. The maximum Gasteiger partial charge on any atom is 0.129 e. The minimum absolute atomic E-state index is 0.0559. The molecule has 1 N–H and O–H groups in total. The first-order chi connectivity index (χ1) is 11.2. The van der Waals surface area contributed by atoms with Crippen molar-refractivity contribution in [2.45, 2.75) is 13.0 Å². The van der Waals surface area contributed by atoms with Crippen LogP contribution in [0.2, 0.25) is 0 Å². The number of ether oxygens (including phenoxy) is 2. The molecule has 1 aromatic heterocycles. The monoisotopic (exact) mass is 314 g/mol. The van der Waals surface area contributed by atoms with Crippen molar-refractivity contribution in [2.24, 2.45) is 0 Å². The third-order valence-corrected chi connectivity index (χ3v) is 3.95. The van der Waals surface area contributed by atoms with E-state index in [9.17, 15) is 0 Å². The number of hydrogen-bond donors (Lipinski definition) is 1. The highest BCUT2D eigenvalue weighted by molar-refractivity contribution is 5.50. The first-order valence-corrected chi connectivity index (χ1v) is 7.73. The first kappa shape index (κ1) is 15.6. The summed E-state index contributed by atoms with van der Waals surface area (Å²) < 4.78 is 11.1. The summed E-state index contributed by atoms with van der Waals surface area (Å²) in [5.41, 5.74) is 2.08. The van der Waals surface area contributed by atoms with E-state index in [4.69, 9.17) is 9.47 Å². The molecule has 0 saturated carbocycles. The number of nitrogens with one attached hydrogen (secondary N) is 1. The predicted molar refractivity (Wildman–Crippen MR) is 90.2 cm³/mol. The molecule has 1 saturated heterocycles. The van der Waals surface area contributed by atoms with Crippen molar-refractivity contribution in [3.8, 4) is 5.75 Å². The molecular weight excluding hydrogens is 292 g/mol. The van der Waals surface area contributed by atoms with E-state index in [1.807, 2.05) is 32.2 Å². The predicted octanol–water partition coefficient (Wildman–Crippen LogP) is 2.41. The van der Waals surface area contributed by atoms with Crippen LogP contribution in [0.5, 0.6) is 5.75 Å². The number of methoxy groups -OCH3 is 1. The highest BCUT2D eigenvalue weighted by Gasteiger charge is 2.24. The molecule has 0 bridgehead atoms. The second-order valence-electron chi connectivity index (χ2n) is 5.48. The van der Waals surface area contributed by atoms with Gasteiger partial charge in [-0.25, -0.2) is 9.97 Å². The number of anilines is 2.